The van der Waals surface area contributed by atoms with Crippen LogP contribution in [0.1, 0.15) is 48.4 Å². The molecule has 0 spiro atoms. The van der Waals surface area contributed by atoms with Gasteiger partial charge in [0.2, 0.25) is 5.91 Å². The number of hydrogen-bond donors (Lipinski definition) is 2. The summed E-state index contributed by atoms with van der Waals surface area (Å²) in [6, 6.07) is 17.0. The van der Waals surface area contributed by atoms with Crippen molar-refractivity contribution in [1.82, 2.24) is 5.32 Å². The third-order valence-electron chi connectivity index (χ3n) is 5.11. The first-order valence-corrected chi connectivity index (χ1v) is 9.03. The van der Waals surface area contributed by atoms with E-state index in [9.17, 15) is 9.90 Å². The van der Waals surface area contributed by atoms with Crippen molar-refractivity contribution in [3.63, 3.8) is 0 Å². The zero-order chi connectivity index (χ0) is 17.9. The lowest BCUT2D eigenvalue weighted by Crippen LogP contribution is -2.36. The molecule has 3 nitrogen and oxygen atoms in total. The van der Waals surface area contributed by atoms with Gasteiger partial charge in [-0.15, -0.1) is 0 Å². The van der Waals surface area contributed by atoms with Gasteiger partial charge in [0.1, 0.15) is 0 Å². The molecule has 3 rings (SSSR count). The predicted molar refractivity (Wildman–Crippen MR) is 101 cm³/mol. The number of rotatable bonds is 5. The van der Waals surface area contributed by atoms with Crippen LogP contribution in [0.4, 0.5) is 0 Å². The number of benzene rings is 2. The van der Waals surface area contributed by atoms with Crippen LogP contribution in [-0.2, 0) is 17.6 Å². The summed E-state index contributed by atoms with van der Waals surface area (Å²) < 4.78 is 0. The zero-order valence-electron chi connectivity index (χ0n) is 15.1. The lowest BCUT2D eigenvalue weighted by molar-refractivity contribution is -0.121. The molecule has 0 saturated heterocycles. The number of carbonyl (C=O) groups excluding carboxylic acids is 1. The van der Waals surface area contributed by atoms with Crippen LogP contribution in [0.15, 0.2) is 48.5 Å². The van der Waals surface area contributed by atoms with E-state index in [2.05, 4.69) is 53.8 Å². The molecule has 0 saturated carbocycles. The van der Waals surface area contributed by atoms with Crippen molar-refractivity contribution < 1.29 is 9.90 Å². The summed E-state index contributed by atoms with van der Waals surface area (Å²) in [4.78, 5) is 12.6. The molecule has 25 heavy (non-hydrogen) atoms. The average Bonchev–Trinajstić information content (AvgIpc) is 2.78. The van der Waals surface area contributed by atoms with Gasteiger partial charge in [-0.25, -0.2) is 0 Å². The Morgan fingerprint density at radius 1 is 1.04 bits per heavy atom. The summed E-state index contributed by atoms with van der Waals surface area (Å²) in [5.74, 6) is 0.130. The van der Waals surface area contributed by atoms with Gasteiger partial charge >= 0.3 is 0 Å². The van der Waals surface area contributed by atoms with Crippen LogP contribution in [0.5, 0.6) is 0 Å². The molecule has 0 radical (unpaired) electrons. The van der Waals surface area contributed by atoms with Gasteiger partial charge in [-0.05, 0) is 35.1 Å². The predicted octanol–water partition coefficient (Wildman–Crippen LogP) is 3.44. The van der Waals surface area contributed by atoms with E-state index in [0.717, 1.165) is 12.8 Å². The lowest BCUT2D eigenvalue weighted by atomic mass is 9.85. The van der Waals surface area contributed by atoms with E-state index >= 15 is 0 Å². The first-order chi connectivity index (χ1) is 12.0. The Bertz CT molecular complexity index is 704. The molecule has 132 valence electrons. The summed E-state index contributed by atoms with van der Waals surface area (Å²) >= 11 is 0. The molecule has 2 aromatic carbocycles. The standard InChI is InChI=1S/C22H27NO2/c1-22(2,15-24)14-23-21(25)13-20-18-9-5-3-7-16(18)11-12-17-8-4-6-10-19(17)20/h3-10,20,24H,11-15H2,1-2H3,(H,23,25). The molecule has 0 aliphatic heterocycles. The number of amides is 1. The van der Waals surface area contributed by atoms with Gasteiger partial charge in [0.15, 0.2) is 0 Å². The normalized spacial score (nSPS) is 14.4. The highest BCUT2D eigenvalue weighted by atomic mass is 16.3. The van der Waals surface area contributed by atoms with Gasteiger partial charge in [0.05, 0.1) is 0 Å². The number of aliphatic hydroxyl groups is 1. The monoisotopic (exact) mass is 337 g/mol. The Hall–Kier alpha value is -2.13. The van der Waals surface area contributed by atoms with Crippen LogP contribution in [0.25, 0.3) is 0 Å². The Morgan fingerprint density at radius 3 is 2.08 bits per heavy atom. The summed E-state index contributed by atoms with van der Waals surface area (Å²) in [7, 11) is 0. The van der Waals surface area contributed by atoms with Crippen molar-refractivity contribution in [3.8, 4) is 0 Å². The first-order valence-electron chi connectivity index (χ1n) is 9.03. The van der Waals surface area contributed by atoms with Gasteiger partial charge < -0.3 is 10.4 Å². The summed E-state index contributed by atoms with van der Waals surface area (Å²) in [5.41, 5.74) is 4.92. The molecule has 0 bridgehead atoms. The van der Waals surface area contributed by atoms with Crippen molar-refractivity contribution >= 4 is 5.91 Å². The molecular formula is C22H27NO2. The van der Waals surface area contributed by atoms with E-state index in [1.54, 1.807) is 0 Å². The molecular weight excluding hydrogens is 310 g/mol. The fourth-order valence-electron chi connectivity index (χ4n) is 3.51. The second-order valence-corrected chi connectivity index (χ2v) is 7.75. The van der Waals surface area contributed by atoms with E-state index in [1.165, 1.54) is 22.3 Å². The number of aliphatic hydroxyl groups excluding tert-OH is 1. The summed E-state index contributed by atoms with van der Waals surface area (Å²) in [6.45, 7) is 4.44. The van der Waals surface area contributed by atoms with Crippen LogP contribution < -0.4 is 5.32 Å². The van der Waals surface area contributed by atoms with Gasteiger partial charge in [-0.2, -0.15) is 0 Å². The third-order valence-corrected chi connectivity index (χ3v) is 5.11. The summed E-state index contributed by atoms with van der Waals surface area (Å²) in [6.07, 6.45) is 2.47. The smallest absolute Gasteiger partial charge is 0.220 e. The second kappa shape index (κ2) is 7.40. The van der Waals surface area contributed by atoms with E-state index in [-0.39, 0.29) is 23.8 Å². The highest BCUT2D eigenvalue weighted by molar-refractivity contribution is 5.78. The molecule has 2 N–H and O–H groups in total. The van der Waals surface area contributed by atoms with E-state index in [1.807, 2.05) is 13.8 Å². The van der Waals surface area contributed by atoms with E-state index < -0.39 is 0 Å². The van der Waals surface area contributed by atoms with Crippen molar-refractivity contribution in [2.24, 2.45) is 5.41 Å². The maximum atomic E-state index is 12.6. The number of carbonyl (C=O) groups is 1. The van der Waals surface area contributed by atoms with Gasteiger partial charge in [0, 0.05) is 30.9 Å². The molecule has 2 aromatic rings. The minimum Gasteiger partial charge on any atom is -0.396 e. The minimum atomic E-state index is -0.297. The van der Waals surface area contributed by atoms with Gasteiger partial charge in [-0.3, -0.25) is 4.79 Å². The molecule has 3 heteroatoms. The highest BCUT2D eigenvalue weighted by Gasteiger charge is 2.26. The molecule has 0 unspecified atom stereocenters. The first kappa shape index (κ1) is 17.7. The topological polar surface area (TPSA) is 49.3 Å². The Balaban J connectivity index is 1.86. The van der Waals surface area contributed by atoms with Crippen molar-refractivity contribution in [2.45, 2.75) is 39.0 Å². The van der Waals surface area contributed by atoms with Crippen molar-refractivity contribution in [3.05, 3.63) is 70.8 Å². The maximum absolute atomic E-state index is 12.6. The highest BCUT2D eigenvalue weighted by Crippen LogP contribution is 2.36. The Labute approximate surface area is 150 Å². The van der Waals surface area contributed by atoms with Crippen LogP contribution in [0.3, 0.4) is 0 Å². The lowest BCUT2D eigenvalue weighted by Gasteiger charge is -2.24. The Kier molecular flexibility index (Phi) is 5.24. The summed E-state index contributed by atoms with van der Waals surface area (Å²) in [5, 5.41) is 12.4. The average molecular weight is 337 g/mol. The number of aryl methyl sites for hydroxylation is 2. The fourth-order valence-corrected chi connectivity index (χ4v) is 3.51. The molecule has 0 aromatic heterocycles. The third kappa shape index (κ3) is 4.10. The quantitative estimate of drug-likeness (QED) is 0.878. The molecule has 1 amide bonds. The van der Waals surface area contributed by atoms with Crippen molar-refractivity contribution in [1.29, 1.82) is 0 Å². The van der Waals surface area contributed by atoms with Gasteiger partial charge in [-0.1, -0.05) is 62.4 Å². The second-order valence-electron chi connectivity index (χ2n) is 7.75. The SMILES string of the molecule is CC(C)(CO)CNC(=O)CC1c2ccccc2CCc2ccccc21. The maximum Gasteiger partial charge on any atom is 0.220 e. The molecule has 0 fully saturated rings. The van der Waals surface area contributed by atoms with Crippen molar-refractivity contribution in [2.75, 3.05) is 13.2 Å². The molecule has 1 aliphatic rings. The number of fused-ring (bicyclic) bond motifs is 2. The van der Waals surface area contributed by atoms with Crippen LogP contribution in [0.2, 0.25) is 0 Å². The van der Waals surface area contributed by atoms with Gasteiger partial charge in [0.25, 0.3) is 0 Å². The van der Waals surface area contributed by atoms with E-state index in [4.69, 9.17) is 0 Å². The largest absolute Gasteiger partial charge is 0.396 e. The number of hydrogen-bond acceptors (Lipinski definition) is 2. The van der Waals surface area contributed by atoms with Crippen LogP contribution >= 0.6 is 0 Å². The Morgan fingerprint density at radius 2 is 1.56 bits per heavy atom. The fraction of sp³-hybridized carbons (Fsp3) is 0.409. The molecule has 0 atom stereocenters. The van der Waals surface area contributed by atoms with Crippen LogP contribution in [0, 0.1) is 5.41 Å². The zero-order valence-corrected chi connectivity index (χ0v) is 15.1. The minimum absolute atomic E-state index is 0.0398. The number of nitrogens with one attached hydrogen (secondary N) is 1. The van der Waals surface area contributed by atoms with Crippen LogP contribution in [-0.4, -0.2) is 24.2 Å². The molecule has 1 aliphatic carbocycles. The molecule has 0 heterocycles. The van der Waals surface area contributed by atoms with E-state index in [0.29, 0.717) is 13.0 Å².